The van der Waals surface area contributed by atoms with E-state index >= 15 is 0 Å². The highest BCUT2D eigenvalue weighted by Gasteiger charge is 2.35. The molecule has 144 valence electrons. The summed E-state index contributed by atoms with van der Waals surface area (Å²) < 4.78 is 0. The van der Waals surface area contributed by atoms with Crippen molar-refractivity contribution in [2.75, 3.05) is 32.7 Å². The van der Waals surface area contributed by atoms with Gasteiger partial charge in [-0.2, -0.15) is 0 Å². The Morgan fingerprint density at radius 1 is 1.23 bits per heavy atom. The van der Waals surface area contributed by atoms with Crippen molar-refractivity contribution in [2.45, 2.75) is 32.2 Å². The number of nitrogens with two attached hydrogens (primary N) is 1. The minimum absolute atomic E-state index is 0. The lowest BCUT2D eigenvalue weighted by Crippen LogP contribution is -2.53. The maximum atomic E-state index is 13.1. The number of nitrogens with zero attached hydrogens (tertiary/aromatic N) is 2. The summed E-state index contributed by atoms with van der Waals surface area (Å²) in [5, 5.41) is 3.40. The molecule has 0 spiro atoms. The number of nitrogens with one attached hydrogen (secondary N) is 1. The highest BCUT2D eigenvalue weighted by Crippen LogP contribution is 2.27. The molecule has 3 N–H and O–H groups in total. The molecule has 2 heterocycles. The highest BCUT2D eigenvalue weighted by atomic mass is 35.5. The number of hydrogen-bond donors (Lipinski definition) is 2. The Bertz CT molecular complexity index is 622. The fraction of sp³-hybridized carbons (Fsp3) is 0.579. The summed E-state index contributed by atoms with van der Waals surface area (Å²) in [6, 6.07) is 8.17. The van der Waals surface area contributed by atoms with E-state index in [9.17, 15) is 9.59 Å². The van der Waals surface area contributed by atoms with Crippen molar-refractivity contribution < 1.29 is 9.59 Å². The Hall–Kier alpha value is -1.79. The molecular formula is C19H29ClN4O2. The molecule has 0 saturated carbocycles. The Morgan fingerprint density at radius 2 is 1.96 bits per heavy atom. The third kappa shape index (κ3) is 4.48. The molecule has 2 aliphatic rings. The molecule has 6 nitrogen and oxygen atoms in total. The Kier molecular flexibility index (Phi) is 7.29. The van der Waals surface area contributed by atoms with Crippen LogP contribution in [0.5, 0.6) is 0 Å². The average Bonchev–Trinajstić information content (AvgIpc) is 2.67. The number of hydrogen-bond acceptors (Lipinski definition) is 3. The number of urea groups is 1. The van der Waals surface area contributed by atoms with Crippen LogP contribution in [0.25, 0.3) is 0 Å². The smallest absolute Gasteiger partial charge is 0.314 e. The SMILES string of the molecule is CCc1ccc(C2CNCCN2C(=O)C2CCCN(C(N)=O)C2)cc1.Cl. The van der Waals surface area contributed by atoms with Gasteiger partial charge in [0.1, 0.15) is 0 Å². The van der Waals surface area contributed by atoms with Gasteiger partial charge in [-0.05, 0) is 30.4 Å². The number of halogens is 1. The van der Waals surface area contributed by atoms with Gasteiger partial charge in [0, 0.05) is 32.7 Å². The zero-order chi connectivity index (χ0) is 17.8. The monoisotopic (exact) mass is 380 g/mol. The summed E-state index contributed by atoms with van der Waals surface area (Å²) in [6.07, 6.45) is 2.67. The summed E-state index contributed by atoms with van der Waals surface area (Å²) in [5.41, 5.74) is 7.87. The third-order valence-electron chi connectivity index (χ3n) is 5.38. The average molecular weight is 381 g/mol. The first kappa shape index (κ1) is 20.5. The number of benzene rings is 1. The lowest BCUT2D eigenvalue weighted by Gasteiger charge is -2.40. The zero-order valence-electron chi connectivity index (χ0n) is 15.3. The van der Waals surface area contributed by atoms with E-state index in [4.69, 9.17) is 5.73 Å². The molecule has 0 aromatic heterocycles. The number of amides is 3. The van der Waals surface area contributed by atoms with E-state index in [1.54, 1.807) is 4.90 Å². The zero-order valence-corrected chi connectivity index (χ0v) is 16.1. The maximum Gasteiger partial charge on any atom is 0.314 e. The van der Waals surface area contributed by atoms with Gasteiger partial charge < -0.3 is 20.9 Å². The van der Waals surface area contributed by atoms with Crippen molar-refractivity contribution in [3.8, 4) is 0 Å². The van der Waals surface area contributed by atoms with E-state index in [-0.39, 0.29) is 30.3 Å². The van der Waals surface area contributed by atoms with Crippen LogP contribution in [0, 0.1) is 5.92 Å². The number of aryl methyl sites for hydroxylation is 1. The molecule has 0 aliphatic carbocycles. The fourth-order valence-electron chi connectivity index (χ4n) is 3.85. The van der Waals surface area contributed by atoms with Gasteiger partial charge in [-0.3, -0.25) is 4.79 Å². The van der Waals surface area contributed by atoms with Crippen molar-refractivity contribution in [1.29, 1.82) is 0 Å². The summed E-state index contributed by atoms with van der Waals surface area (Å²) in [6.45, 7) is 5.51. The van der Waals surface area contributed by atoms with Gasteiger partial charge in [0.2, 0.25) is 5.91 Å². The van der Waals surface area contributed by atoms with Crippen LogP contribution in [0.2, 0.25) is 0 Å². The number of piperazine rings is 1. The van der Waals surface area contributed by atoms with Gasteiger partial charge in [-0.1, -0.05) is 31.2 Å². The second-order valence-corrected chi connectivity index (χ2v) is 6.97. The number of likely N-dealkylation sites (tertiary alicyclic amines) is 1. The lowest BCUT2D eigenvalue weighted by molar-refractivity contribution is -0.140. The van der Waals surface area contributed by atoms with Gasteiger partial charge in [0.25, 0.3) is 0 Å². The molecule has 3 amide bonds. The molecule has 2 fully saturated rings. The predicted molar refractivity (Wildman–Crippen MR) is 104 cm³/mol. The first-order chi connectivity index (χ1) is 12.1. The molecule has 26 heavy (non-hydrogen) atoms. The Morgan fingerprint density at radius 3 is 2.62 bits per heavy atom. The summed E-state index contributed by atoms with van der Waals surface area (Å²) in [7, 11) is 0. The minimum atomic E-state index is -0.426. The van der Waals surface area contributed by atoms with Crippen molar-refractivity contribution in [3.63, 3.8) is 0 Å². The molecule has 7 heteroatoms. The van der Waals surface area contributed by atoms with E-state index < -0.39 is 6.03 Å². The molecule has 2 aliphatic heterocycles. The Balaban J connectivity index is 0.00000243. The second kappa shape index (κ2) is 9.24. The maximum absolute atomic E-state index is 13.1. The van der Waals surface area contributed by atoms with E-state index in [1.807, 2.05) is 4.90 Å². The molecule has 0 bridgehead atoms. The number of primary amides is 1. The van der Waals surface area contributed by atoms with Gasteiger partial charge in [0.15, 0.2) is 0 Å². The Labute approximate surface area is 161 Å². The van der Waals surface area contributed by atoms with E-state index in [0.717, 1.165) is 32.4 Å². The largest absolute Gasteiger partial charge is 0.351 e. The van der Waals surface area contributed by atoms with Gasteiger partial charge >= 0.3 is 6.03 Å². The molecule has 2 atom stereocenters. The van der Waals surface area contributed by atoms with Crippen molar-refractivity contribution in [2.24, 2.45) is 11.7 Å². The van der Waals surface area contributed by atoms with Crippen LogP contribution in [-0.4, -0.2) is 54.5 Å². The number of rotatable bonds is 3. The number of carbonyl (C=O) groups is 2. The van der Waals surface area contributed by atoms with Gasteiger partial charge in [-0.15, -0.1) is 12.4 Å². The fourth-order valence-corrected chi connectivity index (χ4v) is 3.85. The van der Waals surface area contributed by atoms with Crippen LogP contribution in [0.15, 0.2) is 24.3 Å². The van der Waals surface area contributed by atoms with Crippen molar-refractivity contribution in [3.05, 3.63) is 35.4 Å². The molecule has 0 radical (unpaired) electrons. The van der Waals surface area contributed by atoms with Crippen LogP contribution in [-0.2, 0) is 11.2 Å². The van der Waals surface area contributed by atoms with Crippen LogP contribution in [0.1, 0.15) is 36.9 Å². The van der Waals surface area contributed by atoms with Crippen LogP contribution in [0.4, 0.5) is 4.79 Å². The van der Waals surface area contributed by atoms with E-state index in [1.165, 1.54) is 11.1 Å². The van der Waals surface area contributed by atoms with Crippen molar-refractivity contribution in [1.82, 2.24) is 15.1 Å². The molecule has 2 unspecified atom stereocenters. The topological polar surface area (TPSA) is 78.7 Å². The van der Waals surface area contributed by atoms with Crippen molar-refractivity contribution >= 4 is 24.3 Å². The molecule has 2 saturated heterocycles. The highest BCUT2D eigenvalue weighted by molar-refractivity contribution is 5.85. The predicted octanol–water partition coefficient (Wildman–Crippen LogP) is 1.93. The normalized spacial score (nSPS) is 23.3. The third-order valence-corrected chi connectivity index (χ3v) is 5.38. The standard InChI is InChI=1S/C19H28N4O2.ClH/c1-2-14-5-7-15(8-6-14)17-12-21-9-11-23(17)18(24)16-4-3-10-22(13-16)19(20)25;/h5-8,16-17,21H,2-4,9-13H2,1H3,(H2,20,25);1H. The minimum Gasteiger partial charge on any atom is -0.351 e. The number of piperidine rings is 1. The molecule has 1 aromatic rings. The van der Waals surface area contributed by atoms with Crippen LogP contribution in [0.3, 0.4) is 0 Å². The quantitative estimate of drug-likeness (QED) is 0.841. The van der Waals surface area contributed by atoms with E-state index in [0.29, 0.717) is 19.6 Å². The summed E-state index contributed by atoms with van der Waals surface area (Å²) in [5.74, 6) is 0.00813. The van der Waals surface area contributed by atoms with E-state index in [2.05, 4.69) is 36.5 Å². The van der Waals surface area contributed by atoms with Gasteiger partial charge in [0.05, 0.1) is 12.0 Å². The summed E-state index contributed by atoms with van der Waals surface area (Å²) >= 11 is 0. The molecule has 1 aromatic carbocycles. The second-order valence-electron chi connectivity index (χ2n) is 6.97. The van der Waals surface area contributed by atoms with Crippen LogP contribution >= 0.6 is 12.4 Å². The van der Waals surface area contributed by atoms with Gasteiger partial charge in [-0.25, -0.2) is 4.79 Å². The first-order valence-electron chi connectivity index (χ1n) is 9.24. The molecular weight excluding hydrogens is 352 g/mol. The first-order valence-corrected chi connectivity index (χ1v) is 9.24. The van der Waals surface area contributed by atoms with Crippen LogP contribution < -0.4 is 11.1 Å². The molecule has 3 rings (SSSR count). The summed E-state index contributed by atoms with van der Waals surface area (Å²) in [4.78, 5) is 28.2. The lowest BCUT2D eigenvalue weighted by atomic mass is 9.94. The number of carbonyl (C=O) groups excluding carboxylic acids is 2.